The Morgan fingerprint density at radius 1 is 1.50 bits per heavy atom. The van der Waals surface area contributed by atoms with Crippen LogP contribution in [0.4, 0.5) is 0 Å². The lowest BCUT2D eigenvalue weighted by Crippen LogP contribution is -2.35. The quantitative estimate of drug-likeness (QED) is 0.786. The van der Waals surface area contributed by atoms with Crippen molar-refractivity contribution in [3.63, 3.8) is 0 Å². The van der Waals surface area contributed by atoms with Gasteiger partial charge in [-0.15, -0.1) is 0 Å². The molecule has 0 aliphatic carbocycles. The van der Waals surface area contributed by atoms with Gasteiger partial charge in [-0.3, -0.25) is 5.10 Å². The Kier molecular flexibility index (Phi) is 3.56. The highest BCUT2D eigenvalue weighted by atomic mass is 32.2. The molecular weight excluding hydrogens is 254 g/mol. The molecule has 0 amide bonds. The van der Waals surface area contributed by atoms with E-state index in [2.05, 4.69) is 10.2 Å². The SMILES string of the molecule is CC1=CCN(S(=O)(=O)c2n[nH]c(C)c2CO)CC1. The predicted octanol–water partition coefficient (Wildman–Crippen LogP) is 0.551. The zero-order chi connectivity index (χ0) is 13.3. The molecule has 1 aromatic heterocycles. The third-order valence-corrected chi connectivity index (χ3v) is 5.02. The smallest absolute Gasteiger partial charge is 0.263 e. The lowest BCUT2D eigenvalue weighted by atomic mass is 10.1. The molecule has 0 aromatic carbocycles. The third-order valence-electron chi connectivity index (χ3n) is 3.18. The summed E-state index contributed by atoms with van der Waals surface area (Å²) in [6, 6.07) is 0. The van der Waals surface area contributed by atoms with Crippen LogP contribution in [-0.4, -0.2) is 41.1 Å². The first-order chi connectivity index (χ1) is 8.46. The van der Waals surface area contributed by atoms with Gasteiger partial charge < -0.3 is 5.11 Å². The second kappa shape index (κ2) is 4.83. The molecule has 1 aliphatic heterocycles. The Labute approximate surface area is 106 Å². The molecule has 7 heteroatoms. The summed E-state index contributed by atoms with van der Waals surface area (Å²) in [5.41, 5.74) is 2.13. The van der Waals surface area contributed by atoms with Gasteiger partial charge in [0.25, 0.3) is 10.0 Å². The van der Waals surface area contributed by atoms with E-state index in [1.807, 2.05) is 13.0 Å². The number of H-pyrrole nitrogens is 1. The van der Waals surface area contributed by atoms with Gasteiger partial charge in [-0.1, -0.05) is 11.6 Å². The van der Waals surface area contributed by atoms with Crippen molar-refractivity contribution in [2.24, 2.45) is 0 Å². The van der Waals surface area contributed by atoms with Gasteiger partial charge in [0.15, 0.2) is 5.03 Å². The Hall–Kier alpha value is -1.18. The summed E-state index contributed by atoms with van der Waals surface area (Å²) in [7, 11) is -3.62. The van der Waals surface area contributed by atoms with Gasteiger partial charge in [0, 0.05) is 24.3 Å². The minimum atomic E-state index is -3.62. The monoisotopic (exact) mass is 271 g/mol. The number of nitrogens with one attached hydrogen (secondary N) is 1. The van der Waals surface area contributed by atoms with Gasteiger partial charge in [-0.05, 0) is 20.3 Å². The molecule has 0 radical (unpaired) electrons. The summed E-state index contributed by atoms with van der Waals surface area (Å²) in [5.74, 6) is 0. The van der Waals surface area contributed by atoms with Crippen LogP contribution in [0, 0.1) is 6.92 Å². The van der Waals surface area contributed by atoms with Crippen LogP contribution in [0.5, 0.6) is 0 Å². The van der Waals surface area contributed by atoms with Crippen molar-refractivity contribution in [3.05, 3.63) is 22.9 Å². The van der Waals surface area contributed by atoms with E-state index in [0.29, 0.717) is 24.3 Å². The number of hydrogen-bond acceptors (Lipinski definition) is 4. The van der Waals surface area contributed by atoms with Crippen LogP contribution in [0.25, 0.3) is 0 Å². The number of aliphatic hydroxyl groups excluding tert-OH is 1. The highest BCUT2D eigenvalue weighted by Gasteiger charge is 2.30. The van der Waals surface area contributed by atoms with Crippen LogP contribution in [0.1, 0.15) is 24.6 Å². The van der Waals surface area contributed by atoms with Crippen LogP contribution in [-0.2, 0) is 16.6 Å². The molecule has 2 N–H and O–H groups in total. The minimum Gasteiger partial charge on any atom is -0.392 e. The fourth-order valence-corrected chi connectivity index (χ4v) is 3.46. The van der Waals surface area contributed by atoms with Crippen LogP contribution in [0.2, 0.25) is 0 Å². The first-order valence-corrected chi connectivity index (χ1v) is 7.21. The summed E-state index contributed by atoms with van der Waals surface area (Å²) >= 11 is 0. The summed E-state index contributed by atoms with van der Waals surface area (Å²) in [6.45, 7) is 4.17. The maximum absolute atomic E-state index is 12.4. The number of aromatic amines is 1. The molecule has 0 atom stereocenters. The first kappa shape index (κ1) is 13.3. The van der Waals surface area contributed by atoms with Gasteiger partial charge in [0.1, 0.15) is 0 Å². The maximum atomic E-state index is 12.4. The fourth-order valence-electron chi connectivity index (χ4n) is 1.92. The van der Waals surface area contributed by atoms with Crippen molar-refractivity contribution >= 4 is 10.0 Å². The molecule has 0 bridgehead atoms. The van der Waals surface area contributed by atoms with E-state index in [1.165, 1.54) is 9.88 Å². The predicted molar refractivity (Wildman–Crippen MR) is 66.4 cm³/mol. The molecule has 18 heavy (non-hydrogen) atoms. The molecular formula is C11H17N3O3S. The molecule has 1 aliphatic rings. The zero-order valence-electron chi connectivity index (χ0n) is 10.5. The molecule has 0 spiro atoms. The molecule has 0 saturated heterocycles. The molecule has 2 heterocycles. The van der Waals surface area contributed by atoms with Crippen molar-refractivity contribution in [2.45, 2.75) is 31.9 Å². The van der Waals surface area contributed by atoms with E-state index in [0.717, 1.165) is 6.42 Å². The number of aliphatic hydroxyl groups is 1. The van der Waals surface area contributed by atoms with Crippen molar-refractivity contribution in [1.29, 1.82) is 0 Å². The minimum absolute atomic E-state index is 0.0598. The lowest BCUT2D eigenvalue weighted by Gasteiger charge is -2.24. The third kappa shape index (κ3) is 2.21. The van der Waals surface area contributed by atoms with E-state index in [4.69, 9.17) is 0 Å². The van der Waals surface area contributed by atoms with Crippen LogP contribution < -0.4 is 0 Å². The van der Waals surface area contributed by atoms with Crippen molar-refractivity contribution < 1.29 is 13.5 Å². The highest BCUT2D eigenvalue weighted by molar-refractivity contribution is 7.89. The molecule has 6 nitrogen and oxygen atoms in total. The van der Waals surface area contributed by atoms with Crippen molar-refractivity contribution in [2.75, 3.05) is 13.1 Å². The van der Waals surface area contributed by atoms with Gasteiger partial charge in [0.05, 0.1) is 6.61 Å². The van der Waals surface area contributed by atoms with Gasteiger partial charge in [-0.25, -0.2) is 8.42 Å². The average Bonchev–Trinajstić information content (AvgIpc) is 2.71. The second-order valence-corrected chi connectivity index (χ2v) is 6.31. The van der Waals surface area contributed by atoms with Crippen LogP contribution in [0.15, 0.2) is 16.7 Å². The number of rotatable bonds is 3. The number of sulfonamides is 1. The summed E-state index contributed by atoms with van der Waals surface area (Å²) in [4.78, 5) is 0. The van der Waals surface area contributed by atoms with Crippen molar-refractivity contribution in [1.82, 2.24) is 14.5 Å². The highest BCUT2D eigenvalue weighted by Crippen LogP contribution is 2.23. The normalized spacial score (nSPS) is 17.8. The molecule has 1 aromatic rings. The second-order valence-electron chi connectivity index (χ2n) is 4.45. The molecule has 100 valence electrons. The van der Waals surface area contributed by atoms with E-state index in [-0.39, 0.29) is 11.6 Å². The largest absolute Gasteiger partial charge is 0.392 e. The summed E-state index contributed by atoms with van der Waals surface area (Å²) < 4.78 is 26.2. The summed E-state index contributed by atoms with van der Waals surface area (Å²) in [6.07, 6.45) is 2.64. The van der Waals surface area contributed by atoms with E-state index < -0.39 is 10.0 Å². The fraction of sp³-hybridized carbons (Fsp3) is 0.545. The van der Waals surface area contributed by atoms with Crippen molar-refractivity contribution in [3.8, 4) is 0 Å². The standard InChI is InChI=1S/C11H17N3O3S/c1-8-3-5-14(6-4-8)18(16,17)11-10(7-15)9(2)12-13-11/h3,15H,4-7H2,1-2H3,(H,12,13). The zero-order valence-corrected chi connectivity index (χ0v) is 11.3. The maximum Gasteiger partial charge on any atom is 0.263 e. The Balaban J connectivity index is 2.37. The van der Waals surface area contributed by atoms with E-state index >= 15 is 0 Å². The molecule has 0 fully saturated rings. The number of hydrogen-bond donors (Lipinski definition) is 2. The number of aromatic nitrogens is 2. The average molecular weight is 271 g/mol. The van der Waals surface area contributed by atoms with Gasteiger partial charge >= 0.3 is 0 Å². The van der Waals surface area contributed by atoms with E-state index in [1.54, 1.807) is 6.92 Å². The Morgan fingerprint density at radius 3 is 2.78 bits per heavy atom. The van der Waals surface area contributed by atoms with Crippen LogP contribution >= 0.6 is 0 Å². The Morgan fingerprint density at radius 2 is 2.22 bits per heavy atom. The molecule has 2 rings (SSSR count). The molecule has 0 saturated carbocycles. The number of aryl methyl sites for hydroxylation is 1. The summed E-state index contributed by atoms with van der Waals surface area (Å²) in [5, 5.41) is 15.6. The molecule has 0 unspecified atom stereocenters. The first-order valence-electron chi connectivity index (χ1n) is 5.77. The Bertz CT molecular complexity index is 574. The van der Waals surface area contributed by atoms with Gasteiger partial charge in [0.2, 0.25) is 0 Å². The van der Waals surface area contributed by atoms with E-state index in [9.17, 15) is 13.5 Å². The topological polar surface area (TPSA) is 86.3 Å². The van der Waals surface area contributed by atoms with Crippen LogP contribution in [0.3, 0.4) is 0 Å². The van der Waals surface area contributed by atoms with Gasteiger partial charge in [-0.2, -0.15) is 9.40 Å². The lowest BCUT2D eigenvalue weighted by molar-refractivity contribution is 0.277. The number of nitrogens with zero attached hydrogens (tertiary/aromatic N) is 2.